The standard InChI is InChI=1S/C18H14N2O2S2/c1-2-22-18(21)14-10-23-17(20-14)11-7-8-16-13(9-11)19-12-5-3-4-6-15(12)24-16/h3-10,19H,2H2,1H3. The molecule has 4 rings (SSSR count). The number of hydrogen-bond donors (Lipinski definition) is 1. The molecule has 1 aromatic heterocycles. The van der Waals surface area contributed by atoms with Gasteiger partial charge in [-0.1, -0.05) is 30.0 Å². The third-order valence-corrected chi connectivity index (χ3v) is 5.63. The van der Waals surface area contributed by atoms with Crippen LogP contribution in [0, 0.1) is 0 Å². The molecule has 1 aliphatic heterocycles. The highest BCUT2D eigenvalue weighted by Gasteiger charge is 2.17. The second-order valence-corrected chi connectivity index (χ2v) is 7.13. The Morgan fingerprint density at radius 3 is 2.88 bits per heavy atom. The zero-order valence-electron chi connectivity index (χ0n) is 12.9. The quantitative estimate of drug-likeness (QED) is 0.513. The molecule has 1 aliphatic rings. The third-order valence-electron chi connectivity index (χ3n) is 3.59. The maximum absolute atomic E-state index is 11.8. The van der Waals surface area contributed by atoms with Crippen LogP contribution in [0.15, 0.2) is 57.6 Å². The number of carbonyl (C=O) groups is 1. The van der Waals surface area contributed by atoms with Crippen molar-refractivity contribution in [3.8, 4) is 10.6 Å². The van der Waals surface area contributed by atoms with Crippen LogP contribution in [-0.4, -0.2) is 17.6 Å². The van der Waals surface area contributed by atoms with Crippen molar-refractivity contribution in [3.05, 3.63) is 53.5 Å². The first-order valence-corrected chi connectivity index (χ1v) is 9.25. The van der Waals surface area contributed by atoms with E-state index in [-0.39, 0.29) is 5.97 Å². The number of para-hydroxylation sites is 1. The summed E-state index contributed by atoms with van der Waals surface area (Å²) in [7, 11) is 0. The molecule has 0 fully saturated rings. The fourth-order valence-electron chi connectivity index (χ4n) is 2.48. The summed E-state index contributed by atoms with van der Waals surface area (Å²) in [6.45, 7) is 2.14. The van der Waals surface area contributed by atoms with Gasteiger partial charge in [0.2, 0.25) is 0 Å². The maximum Gasteiger partial charge on any atom is 0.357 e. The fourth-order valence-corrected chi connectivity index (χ4v) is 4.23. The number of hydrogen-bond acceptors (Lipinski definition) is 6. The van der Waals surface area contributed by atoms with E-state index < -0.39 is 0 Å². The lowest BCUT2D eigenvalue weighted by Crippen LogP contribution is -2.04. The Labute approximate surface area is 147 Å². The lowest BCUT2D eigenvalue weighted by Gasteiger charge is -2.21. The Bertz CT molecular complexity index is 921. The molecule has 6 heteroatoms. The Morgan fingerprint density at radius 1 is 1.17 bits per heavy atom. The molecule has 1 N–H and O–H groups in total. The maximum atomic E-state index is 11.8. The molecule has 0 amide bonds. The summed E-state index contributed by atoms with van der Waals surface area (Å²) < 4.78 is 5.00. The van der Waals surface area contributed by atoms with Gasteiger partial charge >= 0.3 is 5.97 Å². The van der Waals surface area contributed by atoms with Crippen LogP contribution in [0.3, 0.4) is 0 Å². The molecule has 24 heavy (non-hydrogen) atoms. The molecule has 0 aliphatic carbocycles. The van der Waals surface area contributed by atoms with Gasteiger partial charge in [0.1, 0.15) is 5.01 Å². The van der Waals surface area contributed by atoms with Crippen LogP contribution in [0.4, 0.5) is 11.4 Å². The van der Waals surface area contributed by atoms with Crippen LogP contribution in [0.25, 0.3) is 10.6 Å². The van der Waals surface area contributed by atoms with Gasteiger partial charge in [-0.05, 0) is 31.2 Å². The van der Waals surface area contributed by atoms with E-state index in [1.54, 1.807) is 24.1 Å². The Kier molecular flexibility index (Phi) is 4.00. The van der Waals surface area contributed by atoms with E-state index in [9.17, 15) is 4.79 Å². The van der Waals surface area contributed by atoms with Gasteiger partial charge in [0, 0.05) is 20.7 Å². The monoisotopic (exact) mass is 354 g/mol. The van der Waals surface area contributed by atoms with E-state index in [0.717, 1.165) is 21.9 Å². The number of fused-ring (bicyclic) bond motifs is 2. The van der Waals surface area contributed by atoms with Gasteiger partial charge in [0.15, 0.2) is 5.69 Å². The Hall–Kier alpha value is -2.31. The van der Waals surface area contributed by atoms with Crippen molar-refractivity contribution in [2.24, 2.45) is 0 Å². The number of esters is 1. The highest BCUT2D eigenvalue weighted by molar-refractivity contribution is 7.99. The predicted octanol–water partition coefficient (Wildman–Crippen LogP) is 5.20. The number of carbonyl (C=O) groups excluding carboxylic acids is 1. The molecule has 120 valence electrons. The molecule has 0 unspecified atom stereocenters. The van der Waals surface area contributed by atoms with Gasteiger partial charge in [-0.15, -0.1) is 11.3 Å². The van der Waals surface area contributed by atoms with Crippen LogP contribution in [-0.2, 0) is 4.74 Å². The highest BCUT2D eigenvalue weighted by Crippen LogP contribution is 2.45. The third kappa shape index (κ3) is 2.79. The van der Waals surface area contributed by atoms with Crippen molar-refractivity contribution in [3.63, 3.8) is 0 Å². The van der Waals surface area contributed by atoms with E-state index >= 15 is 0 Å². The number of aromatic nitrogens is 1. The zero-order chi connectivity index (χ0) is 16.5. The molecule has 0 saturated heterocycles. The number of nitrogens with zero attached hydrogens (tertiary/aromatic N) is 1. The molecule has 2 heterocycles. The van der Waals surface area contributed by atoms with Crippen LogP contribution in [0.1, 0.15) is 17.4 Å². The minimum Gasteiger partial charge on any atom is -0.461 e. The number of thiazole rings is 1. The number of nitrogens with one attached hydrogen (secondary N) is 1. The summed E-state index contributed by atoms with van der Waals surface area (Å²) in [5, 5.41) is 6.02. The molecule has 0 bridgehead atoms. The van der Waals surface area contributed by atoms with Crippen LogP contribution in [0.2, 0.25) is 0 Å². The minimum absolute atomic E-state index is 0.352. The molecule has 3 aromatic rings. The highest BCUT2D eigenvalue weighted by atomic mass is 32.2. The zero-order valence-corrected chi connectivity index (χ0v) is 14.5. The van der Waals surface area contributed by atoms with E-state index in [1.165, 1.54) is 21.1 Å². The minimum atomic E-state index is -0.374. The van der Waals surface area contributed by atoms with Gasteiger partial charge in [-0.25, -0.2) is 9.78 Å². The normalized spacial score (nSPS) is 12.0. The van der Waals surface area contributed by atoms with Crippen LogP contribution in [0.5, 0.6) is 0 Å². The smallest absolute Gasteiger partial charge is 0.357 e. The average Bonchev–Trinajstić information content (AvgIpc) is 3.10. The van der Waals surface area contributed by atoms with Crippen molar-refractivity contribution in [2.45, 2.75) is 16.7 Å². The van der Waals surface area contributed by atoms with E-state index in [2.05, 4.69) is 34.6 Å². The topological polar surface area (TPSA) is 51.2 Å². The first kappa shape index (κ1) is 15.2. The molecule has 0 saturated carbocycles. The number of rotatable bonds is 3. The summed E-state index contributed by atoms with van der Waals surface area (Å²) in [6.07, 6.45) is 0. The van der Waals surface area contributed by atoms with Gasteiger partial charge in [0.25, 0.3) is 0 Å². The molecule has 4 nitrogen and oxygen atoms in total. The summed E-state index contributed by atoms with van der Waals surface area (Å²) in [5.41, 5.74) is 3.52. The molecule has 0 spiro atoms. The van der Waals surface area contributed by atoms with Crippen molar-refractivity contribution in [1.29, 1.82) is 0 Å². The molecule has 0 radical (unpaired) electrons. The van der Waals surface area contributed by atoms with Gasteiger partial charge in [-0.2, -0.15) is 0 Å². The largest absolute Gasteiger partial charge is 0.461 e. The van der Waals surface area contributed by atoms with Gasteiger partial charge in [0.05, 0.1) is 18.0 Å². The van der Waals surface area contributed by atoms with Crippen LogP contribution < -0.4 is 5.32 Å². The first-order chi connectivity index (χ1) is 11.7. The number of ether oxygens (including phenoxy) is 1. The second kappa shape index (κ2) is 6.30. The first-order valence-electron chi connectivity index (χ1n) is 7.55. The van der Waals surface area contributed by atoms with Crippen molar-refractivity contribution >= 4 is 40.4 Å². The Morgan fingerprint density at radius 2 is 2.00 bits per heavy atom. The lowest BCUT2D eigenvalue weighted by molar-refractivity contribution is 0.0520. The molecule has 0 atom stereocenters. The van der Waals surface area contributed by atoms with E-state index in [0.29, 0.717) is 12.3 Å². The van der Waals surface area contributed by atoms with Crippen molar-refractivity contribution < 1.29 is 9.53 Å². The summed E-state index contributed by atoms with van der Waals surface area (Å²) >= 11 is 3.20. The SMILES string of the molecule is CCOC(=O)c1csc(-c2ccc3c(c2)Nc2ccccc2S3)n1. The molecular weight excluding hydrogens is 340 g/mol. The summed E-state index contributed by atoms with van der Waals surface area (Å²) in [4.78, 5) is 18.6. The summed E-state index contributed by atoms with van der Waals surface area (Å²) in [6, 6.07) is 14.4. The average molecular weight is 354 g/mol. The van der Waals surface area contributed by atoms with Crippen LogP contribution >= 0.6 is 23.1 Å². The number of benzene rings is 2. The number of anilines is 2. The molecule has 2 aromatic carbocycles. The molecular formula is C18H14N2O2S2. The predicted molar refractivity (Wildman–Crippen MR) is 97.4 cm³/mol. The van der Waals surface area contributed by atoms with Crippen molar-refractivity contribution in [1.82, 2.24) is 4.98 Å². The summed E-state index contributed by atoms with van der Waals surface area (Å²) in [5.74, 6) is -0.374. The van der Waals surface area contributed by atoms with Gasteiger partial charge in [-0.3, -0.25) is 0 Å². The lowest BCUT2D eigenvalue weighted by atomic mass is 10.2. The Balaban J connectivity index is 1.64. The van der Waals surface area contributed by atoms with E-state index in [1.807, 2.05) is 18.2 Å². The van der Waals surface area contributed by atoms with E-state index in [4.69, 9.17) is 4.74 Å². The second-order valence-electron chi connectivity index (χ2n) is 5.19. The van der Waals surface area contributed by atoms with Gasteiger partial charge < -0.3 is 10.1 Å². The fraction of sp³-hybridized carbons (Fsp3) is 0.111. The van der Waals surface area contributed by atoms with Crippen molar-refractivity contribution in [2.75, 3.05) is 11.9 Å².